The average Bonchev–Trinajstić information content (AvgIpc) is 2.71. The molecule has 1 aromatic carbocycles. The summed E-state index contributed by atoms with van der Waals surface area (Å²) in [4.78, 5) is 12.6. The summed E-state index contributed by atoms with van der Waals surface area (Å²) in [5.41, 5.74) is -0.519. The molecule has 138 valence electrons. The van der Waals surface area contributed by atoms with Gasteiger partial charge in [-0.1, -0.05) is 32.9 Å². The van der Waals surface area contributed by atoms with Crippen LogP contribution in [0.25, 0.3) is 0 Å². The first-order chi connectivity index (χ1) is 11.4. The molecule has 25 heavy (non-hydrogen) atoms. The first kappa shape index (κ1) is 19.8. The SMILES string of the molecule is COc1ccc([C@H](NC(=O)C(C)(C)C)B2OC(C)(C)C(C)(C)O2)cc1. The first-order valence-corrected chi connectivity index (χ1v) is 8.68. The number of hydrogen-bond acceptors (Lipinski definition) is 4. The van der Waals surface area contributed by atoms with Gasteiger partial charge in [0.1, 0.15) is 5.75 Å². The minimum Gasteiger partial charge on any atom is -0.497 e. The number of amides is 1. The van der Waals surface area contributed by atoms with Gasteiger partial charge in [-0.2, -0.15) is 0 Å². The van der Waals surface area contributed by atoms with Gasteiger partial charge in [-0.05, 0) is 45.4 Å². The Bertz CT molecular complexity index is 603. The van der Waals surface area contributed by atoms with Gasteiger partial charge in [0, 0.05) is 5.41 Å². The number of ether oxygens (including phenoxy) is 1. The fourth-order valence-corrected chi connectivity index (χ4v) is 2.50. The van der Waals surface area contributed by atoms with Gasteiger partial charge in [0.25, 0.3) is 0 Å². The number of hydrogen-bond donors (Lipinski definition) is 1. The van der Waals surface area contributed by atoms with Crippen molar-refractivity contribution in [2.45, 2.75) is 65.6 Å². The fraction of sp³-hybridized carbons (Fsp3) is 0.632. The van der Waals surface area contributed by atoms with Crippen LogP contribution in [0.15, 0.2) is 24.3 Å². The van der Waals surface area contributed by atoms with Crippen LogP contribution in [-0.4, -0.2) is 31.3 Å². The van der Waals surface area contributed by atoms with Crippen LogP contribution in [0.5, 0.6) is 5.75 Å². The molecule has 0 spiro atoms. The van der Waals surface area contributed by atoms with Crippen LogP contribution in [-0.2, 0) is 14.1 Å². The molecule has 0 aliphatic carbocycles. The number of carbonyl (C=O) groups is 1. The highest BCUT2D eigenvalue weighted by Gasteiger charge is 2.54. The quantitative estimate of drug-likeness (QED) is 0.847. The maximum atomic E-state index is 12.6. The van der Waals surface area contributed by atoms with E-state index in [1.807, 2.05) is 72.7 Å². The lowest BCUT2D eigenvalue weighted by atomic mass is 9.73. The van der Waals surface area contributed by atoms with Crippen molar-refractivity contribution >= 4 is 13.0 Å². The largest absolute Gasteiger partial charge is 0.497 e. The summed E-state index contributed by atoms with van der Waals surface area (Å²) in [6.07, 6.45) is 0. The Morgan fingerprint density at radius 2 is 1.56 bits per heavy atom. The summed E-state index contributed by atoms with van der Waals surface area (Å²) in [5, 5.41) is 3.10. The van der Waals surface area contributed by atoms with E-state index in [0.717, 1.165) is 11.3 Å². The second-order valence-electron chi connectivity index (χ2n) is 8.60. The molecule has 1 aliphatic rings. The van der Waals surface area contributed by atoms with E-state index >= 15 is 0 Å². The Kier molecular flexibility index (Phi) is 5.27. The summed E-state index contributed by atoms with van der Waals surface area (Å²) in [6.45, 7) is 13.7. The highest BCUT2D eigenvalue weighted by atomic mass is 16.7. The van der Waals surface area contributed by atoms with Crippen molar-refractivity contribution in [3.63, 3.8) is 0 Å². The summed E-state index contributed by atoms with van der Waals surface area (Å²) in [6, 6.07) is 7.60. The molecule has 0 bridgehead atoms. The second-order valence-corrected chi connectivity index (χ2v) is 8.60. The van der Waals surface area contributed by atoms with Gasteiger partial charge in [-0.15, -0.1) is 0 Å². The molecule has 6 heteroatoms. The van der Waals surface area contributed by atoms with Crippen LogP contribution in [0.4, 0.5) is 0 Å². The van der Waals surface area contributed by atoms with Crippen LogP contribution >= 0.6 is 0 Å². The molecule has 0 saturated carbocycles. The molecule has 1 amide bonds. The topological polar surface area (TPSA) is 56.8 Å². The fourth-order valence-electron chi connectivity index (χ4n) is 2.50. The van der Waals surface area contributed by atoms with Crippen molar-refractivity contribution < 1.29 is 18.8 Å². The minimum absolute atomic E-state index is 0.0527. The molecule has 1 fully saturated rings. The van der Waals surface area contributed by atoms with Crippen LogP contribution in [0.3, 0.4) is 0 Å². The molecule has 5 nitrogen and oxygen atoms in total. The van der Waals surface area contributed by atoms with Crippen molar-refractivity contribution in [2.75, 3.05) is 7.11 Å². The monoisotopic (exact) mass is 347 g/mol. The number of rotatable bonds is 4. The van der Waals surface area contributed by atoms with Gasteiger partial charge < -0.3 is 19.4 Å². The number of nitrogens with one attached hydrogen (secondary N) is 1. The average molecular weight is 347 g/mol. The van der Waals surface area contributed by atoms with E-state index in [2.05, 4.69) is 5.32 Å². The molecule has 1 atom stereocenters. The van der Waals surface area contributed by atoms with Crippen molar-refractivity contribution in [1.82, 2.24) is 5.32 Å². The molecule has 0 unspecified atom stereocenters. The van der Waals surface area contributed by atoms with Gasteiger partial charge in [0.05, 0.1) is 24.3 Å². The molecular formula is C19H30BNO4. The third-order valence-corrected chi connectivity index (χ3v) is 4.99. The van der Waals surface area contributed by atoms with Gasteiger partial charge >= 0.3 is 7.12 Å². The smallest absolute Gasteiger partial charge is 0.486 e. The lowest BCUT2D eigenvalue weighted by Gasteiger charge is -2.32. The Morgan fingerprint density at radius 1 is 1.08 bits per heavy atom. The Morgan fingerprint density at radius 3 is 1.96 bits per heavy atom. The second kappa shape index (κ2) is 6.65. The van der Waals surface area contributed by atoms with Gasteiger partial charge in [0.15, 0.2) is 0 Å². The predicted octanol–water partition coefficient (Wildman–Crippen LogP) is 3.53. The van der Waals surface area contributed by atoms with Crippen molar-refractivity contribution in [3.05, 3.63) is 29.8 Å². The molecule has 1 N–H and O–H groups in total. The minimum atomic E-state index is -0.565. The molecule has 1 heterocycles. The van der Waals surface area contributed by atoms with E-state index in [1.165, 1.54) is 0 Å². The lowest BCUT2D eigenvalue weighted by molar-refractivity contribution is -0.129. The van der Waals surface area contributed by atoms with Gasteiger partial charge in [-0.25, -0.2) is 0 Å². The van der Waals surface area contributed by atoms with E-state index < -0.39 is 29.7 Å². The number of methoxy groups -OCH3 is 1. The maximum Gasteiger partial charge on any atom is 0.486 e. The molecule has 1 saturated heterocycles. The Balaban J connectivity index is 2.34. The molecular weight excluding hydrogens is 317 g/mol. The lowest BCUT2D eigenvalue weighted by Crippen LogP contribution is -2.45. The van der Waals surface area contributed by atoms with E-state index in [0.29, 0.717) is 0 Å². The van der Waals surface area contributed by atoms with E-state index in [1.54, 1.807) is 7.11 Å². The van der Waals surface area contributed by atoms with Crippen molar-refractivity contribution in [3.8, 4) is 5.75 Å². The zero-order valence-electron chi connectivity index (χ0n) is 16.6. The van der Waals surface area contributed by atoms with Crippen LogP contribution < -0.4 is 10.1 Å². The molecule has 1 aromatic rings. The third kappa shape index (κ3) is 4.18. The molecule has 0 radical (unpaired) electrons. The zero-order valence-corrected chi connectivity index (χ0v) is 16.6. The summed E-state index contributed by atoms with van der Waals surface area (Å²) in [5.74, 6) is 0.306. The van der Waals surface area contributed by atoms with E-state index in [4.69, 9.17) is 14.0 Å². The molecule has 2 rings (SSSR count). The summed E-state index contributed by atoms with van der Waals surface area (Å²) >= 11 is 0. The summed E-state index contributed by atoms with van der Waals surface area (Å²) < 4.78 is 17.6. The van der Waals surface area contributed by atoms with Crippen molar-refractivity contribution in [2.24, 2.45) is 5.41 Å². The Hall–Kier alpha value is -1.53. The maximum absolute atomic E-state index is 12.6. The molecule has 1 aliphatic heterocycles. The predicted molar refractivity (Wildman–Crippen MR) is 99.4 cm³/mol. The Labute approximate surface area is 151 Å². The number of benzene rings is 1. The highest BCUT2D eigenvalue weighted by molar-refractivity contribution is 6.47. The molecule has 0 aromatic heterocycles. The normalized spacial score (nSPS) is 20.2. The number of carbonyl (C=O) groups excluding carboxylic acids is 1. The first-order valence-electron chi connectivity index (χ1n) is 8.68. The van der Waals surface area contributed by atoms with Crippen LogP contribution in [0.1, 0.15) is 60.0 Å². The highest BCUT2D eigenvalue weighted by Crippen LogP contribution is 2.40. The van der Waals surface area contributed by atoms with E-state index in [9.17, 15) is 4.79 Å². The third-order valence-electron chi connectivity index (χ3n) is 4.99. The van der Waals surface area contributed by atoms with Crippen LogP contribution in [0, 0.1) is 5.41 Å². The van der Waals surface area contributed by atoms with E-state index in [-0.39, 0.29) is 5.91 Å². The van der Waals surface area contributed by atoms with Gasteiger partial charge in [-0.3, -0.25) is 4.79 Å². The zero-order chi connectivity index (χ0) is 19.0. The van der Waals surface area contributed by atoms with Gasteiger partial charge in [0.2, 0.25) is 5.91 Å². The van der Waals surface area contributed by atoms with Crippen LogP contribution in [0.2, 0.25) is 0 Å². The summed E-state index contributed by atoms with van der Waals surface area (Å²) in [7, 11) is 1.06. The standard InChI is InChI=1S/C19H30BNO4/c1-17(2,3)16(22)21-15(13-9-11-14(23-8)12-10-13)20-24-18(4,5)19(6,7)25-20/h9-12,15H,1-8H3,(H,21,22)/t15-/m0/s1. The van der Waals surface area contributed by atoms with Crippen molar-refractivity contribution in [1.29, 1.82) is 0 Å².